The van der Waals surface area contributed by atoms with Crippen molar-refractivity contribution in [1.82, 2.24) is 5.32 Å². The summed E-state index contributed by atoms with van der Waals surface area (Å²) in [5.41, 5.74) is 0.446. The van der Waals surface area contributed by atoms with E-state index in [2.05, 4.69) is 5.32 Å². The van der Waals surface area contributed by atoms with E-state index in [1.807, 2.05) is 24.3 Å². The van der Waals surface area contributed by atoms with Crippen LogP contribution in [-0.2, 0) is 10.3 Å². The van der Waals surface area contributed by atoms with Gasteiger partial charge < -0.3 is 5.32 Å². The number of benzene rings is 1. The zero-order valence-electron chi connectivity index (χ0n) is 11.5. The molecule has 2 fully saturated rings. The molecule has 2 nitrogen and oxygen atoms in total. The van der Waals surface area contributed by atoms with Crippen molar-refractivity contribution in [3.8, 4) is 0 Å². The van der Waals surface area contributed by atoms with Gasteiger partial charge in [-0.05, 0) is 49.8 Å². The smallest absolute Gasteiger partial charge is 0.157 e. The normalized spacial score (nSPS) is 26.1. The van der Waals surface area contributed by atoms with Crippen LogP contribution in [0.15, 0.2) is 24.3 Å². The summed E-state index contributed by atoms with van der Waals surface area (Å²) in [5.74, 6) is 1.07. The van der Waals surface area contributed by atoms with Gasteiger partial charge in [0, 0.05) is 11.4 Å². The molecule has 1 aromatic carbocycles. The van der Waals surface area contributed by atoms with Crippen LogP contribution in [0.3, 0.4) is 0 Å². The van der Waals surface area contributed by atoms with Gasteiger partial charge >= 0.3 is 0 Å². The molecule has 3 rings (SSSR count). The van der Waals surface area contributed by atoms with E-state index in [-0.39, 0.29) is 12.4 Å². The lowest BCUT2D eigenvalue weighted by atomic mass is 9.75. The maximum absolute atomic E-state index is 12.6. The quantitative estimate of drug-likeness (QED) is 0.906. The molecule has 0 aliphatic heterocycles. The standard InChI is InChI=1S/C16H20ClNO.ClH/c17-14-6-2-1-5-13(14)16(18-11-12-8-9-12)10-4-3-7-15(16)19;/h1-2,5-6,12,18H,3-4,7-11H2;1H. The first-order valence-electron chi connectivity index (χ1n) is 7.26. The van der Waals surface area contributed by atoms with Crippen LogP contribution < -0.4 is 5.32 Å². The molecule has 2 saturated carbocycles. The summed E-state index contributed by atoms with van der Waals surface area (Å²) in [4.78, 5) is 12.6. The van der Waals surface area contributed by atoms with Crippen molar-refractivity contribution < 1.29 is 4.79 Å². The summed E-state index contributed by atoms with van der Waals surface area (Å²) < 4.78 is 0. The summed E-state index contributed by atoms with van der Waals surface area (Å²) in [6, 6.07) is 7.79. The fourth-order valence-corrected chi connectivity index (χ4v) is 3.34. The summed E-state index contributed by atoms with van der Waals surface area (Å²) in [6.45, 7) is 0.941. The highest BCUT2D eigenvalue weighted by Crippen LogP contribution is 2.39. The molecule has 1 N–H and O–H groups in total. The molecule has 1 aromatic rings. The predicted octanol–water partition coefficient (Wildman–Crippen LogP) is 4.10. The second-order valence-corrected chi connectivity index (χ2v) is 6.25. The second kappa shape index (κ2) is 6.46. The van der Waals surface area contributed by atoms with Gasteiger partial charge in [0.05, 0.1) is 0 Å². The number of ketones is 1. The minimum Gasteiger partial charge on any atom is -0.301 e. The van der Waals surface area contributed by atoms with E-state index in [4.69, 9.17) is 11.6 Å². The van der Waals surface area contributed by atoms with Crippen molar-refractivity contribution in [3.05, 3.63) is 34.9 Å². The molecular formula is C16H21Cl2NO. The van der Waals surface area contributed by atoms with Crippen molar-refractivity contribution in [3.63, 3.8) is 0 Å². The van der Waals surface area contributed by atoms with Crippen LogP contribution in [0.1, 0.15) is 44.1 Å². The summed E-state index contributed by atoms with van der Waals surface area (Å²) in [6.07, 6.45) is 6.23. The molecule has 110 valence electrons. The fourth-order valence-electron chi connectivity index (χ4n) is 3.04. The molecule has 1 unspecified atom stereocenters. The molecule has 0 amide bonds. The van der Waals surface area contributed by atoms with Crippen molar-refractivity contribution in [1.29, 1.82) is 0 Å². The number of hydrogen-bond donors (Lipinski definition) is 1. The van der Waals surface area contributed by atoms with Gasteiger partial charge in [0.1, 0.15) is 5.54 Å². The number of carbonyl (C=O) groups excluding carboxylic acids is 1. The Balaban J connectivity index is 0.00000147. The van der Waals surface area contributed by atoms with Crippen molar-refractivity contribution >= 4 is 29.8 Å². The van der Waals surface area contributed by atoms with Crippen LogP contribution in [0.25, 0.3) is 0 Å². The van der Waals surface area contributed by atoms with Crippen LogP contribution in [0.2, 0.25) is 5.02 Å². The van der Waals surface area contributed by atoms with Crippen LogP contribution in [0, 0.1) is 5.92 Å². The van der Waals surface area contributed by atoms with Gasteiger partial charge in [0.15, 0.2) is 5.78 Å². The van der Waals surface area contributed by atoms with Gasteiger partial charge in [-0.25, -0.2) is 0 Å². The largest absolute Gasteiger partial charge is 0.301 e. The van der Waals surface area contributed by atoms with Gasteiger partial charge in [-0.2, -0.15) is 0 Å². The molecule has 4 heteroatoms. The summed E-state index contributed by atoms with van der Waals surface area (Å²) >= 11 is 6.35. The average molecular weight is 314 g/mol. The van der Waals surface area contributed by atoms with E-state index in [1.165, 1.54) is 12.8 Å². The number of hydrogen-bond acceptors (Lipinski definition) is 2. The first kappa shape index (κ1) is 15.8. The lowest BCUT2D eigenvalue weighted by molar-refractivity contribution is -0.128. The van der Waals surface area contributed by atoms with Crippen LogP contribution in [0.4, 0.5) is 0 Å². The van der Waals surface area contributed by atoms with Gasteiger partial charge in [-0.15, -0.1) is 12.4 Å². The van der Waals surface area contributed by atoms with E-state index >= 15 is 0 Å². The maximum atomic E-state index is 12.6. The topological polar surface area (TPSA) is 29.1 Å². The van der Waals surface area contributed by atoms with Crippen molar-refractivity contribution in [2.45, 2.75) is 44.1 Å². The van der Waals surface area contributed by atoms with E-state index in [9.17, 15) is 4.79 Å². The van der Waals surface area contributed by atoms with E-state index in [0.29, 0.717) is 17.2 Å². The number of rotatable bonds is 4. The molecule has 20 heavy (non-hydrogen) atoms. The van der Waals surface area contributed by atoms with Crippen LogP contribution >= 0.6 is 24.0 Å². The minimum absolute atomic E-state index is 0. The lowest BCUT2D eigenvalue weighted by Crippen LogP contribution is -2.51. The Morgan fingerprint density at radius 3 is 2.65 bits per heavy atom. The average Bonchev–Trinajstić information content (AvgIpc) is 3.23. The van der Waals surface area contributed by atoms with Crippen molar-refractivity contribution in [2.75, 3.05) is 6.54 Å². The molecular weight excluding hydrogens is 293 g/mol. The number of halogens is 2. The number of carbonyl (C=O) groups is 1. The third-order valence-corrected chi connectivity index (χ3v) is 4.73. The van der Waals surface area contributed by atoms with E-state index in [1.54, 1.807) is 0 Å². The third kappa shape index (κ3) is 3.03. The Labute approximate surface area is 131 Å². The number of Topliss-reactive ketones (excluding diaryl/α,β-unsaturated/α-hetero) is 1. The fraction of sp³-hybridized carbons (Fsp3) is 0.562. The summed E-state index contributed by atoms with van der Waals surface area (Å²) in [7, 11) is 0. The molecule has 0 radical (unpaired) electrons. The molecule has 0 heterocycles. The highest BCUT2D eigenvalue weighted by Gasteiger charge is 2.43. The minimum atomic E-state index is -0.529. The highest BCUT2D eigenvalue weighted by atomic mass is 35.5. The zero-order valence-corrected chi connectivity index (χ0v) is 13.1. The SMILES string of the molecule is Cl.O=C1CCCCC1(NCC1CC1)c1ccccc1Cl. The molecule has 0 saturated heterocycles. The Morgan fingerprint density at radius 2 is 2.00 bits per heavy atom. The van der Waals surface area contributed by atoms with Gasteiger partial charge in [0.25, 0.3) is 0 Å². The Bertz CT molecular complexity index is 487. The van der Waals surface area contributed by atoms with Gasteiger partial charge in [-0.1, -0.05) is 36.2 Å². The van der Waals surface area contributed by atoms with Gasteiger partial charge in [-0.3, -0.25) is 4.79 Å². The molecule has 2 aliphatic carbocycles. The Kier molecular flexibility index (Phi) is 5.11. The first-order valence-corrected chi connectivity index (χ1v) is 7.63. The monoisotopic (exact) mass is 313 g/mol. The van der Waals surface area contributed by atoms with E-state index in [0.717, 1.165) is 37.3 Å². The highest BCUT2D eigenvalue weighted by molar-refractivity contribution is 6.31. The molecule has 1 atom stereocenters. The summed E-state index contributed by atoms with van der Waals surface area (Å²) in [5, 5.41) is 4.28. The zero-order chi connectivity index (χ0) is 13.3. The van der Waals surface area contributed by atoms with Crippen LogP contribution in [0.5, 0.6) is 0 Å². The molecule has 0 spiro atoms. The molecule has 2 aliphatic rings. The van der Waals surface area contributed by atoms with Gasteiger partial charge in [0.2, 0.25) is 0 Å². The van der Waals surface area contributed by atoms with Crippen LogP contribution in [-0.4, -0.2) is 12.3 Å². The van der Waals surface area contributed by atoms with Crippen molar-refractivity contribution in [2.24, 2.45) is 5.92 Å². The Morgan fingerprint density at radius 1 is 1.25 bits per heavy atom. The maximum Gasteiger partial charge on any atom is 0.157 e. The molecule has 0 bridgehead atoms. The molecule has 0 aromatic heterocycles. The second-order valence-electron chi connectivity index (χ2n) is 5.84. The third-order valence-electron chi connectivity index (χ3n) is 4.40. The predicted molar refractivity (Wildman–Crippen MR) is 84.6 cm³/mol. The lowest BCUT2D eigenvalue weighted by Gasteiger charge is -2.38. The van der Waals surface area contributed by atoms with E-state index < -0.39 is 5.54 Å². The number of nitrogens with one attached hydrogen (secondary N) is 1. The first-order chi connectivity index (χ1) is 9.22. The Hall–Kier alpha value is -0.570.